The molecular formula is C29H32N4O3. The van der Waals surface area contributed by atoms with E-state index in [9.17, 15) is 9.59 Å². The lowest BCUT2D eigenvalue weighted by molar-refractivity contribution is 0.0303. The van der Waals surface area contributed by atoms with Gasteiger partial charge in [-0.15, -0.1) is 0 Å². The second kappa shape index (κ2) is 11.4. The van der Waals surface area contributed by atoms with Gasteiger partial charge >= 0.3 is 0 Å². The number of benzene rings is 3. The van der Waals surface area contributed by atoms with Crippen LogP contribution in [0.3, 0.4) is 0 Å². The van der Waals surface area contributed by atoms with E-state index in [0.29, 0.717) is 43.1 Å². The summed E-state index contributed by atoms with van der Waals surface area (Å²) in [6, 6.07) is 25.3. The lowest BCUT2D eigenvalue weighted by Gasteiger charge is -2.37. The first kappa shape index (κ1) is 24.0. The Balaban J connectivity index is 1.34. The highest BCUT2D eigenvalue weighted by Crippen LogP contribution is 2.28. The van der Waals surface area contributed by atoms with Gasteiger partial charge in [0.2, 0.25) is 0 Å². The van der Waals surface area contributed by atoms with E-state index in [1.54, 1.807) is 12.1 Å². The molecule has 7 nitrogen and oxygen atoms in total. The minimum atomic E-state index is -0.192. The summed E-state index contributed by atoms with van der Waals surface area (Å²) >= 11 is 0. The van der Waals surface area contributed by atoms with Gasteiger partial charge in [-0.25, -0.2) is 0 Å². The predicted octanol–water partition coefficient (Wildman–Crippen LogP) is 3.73. The van der Waals surface area contributed by atoms with Gasteiger partial charge in [0.1, 0.15) is 0 Å². The maximum absolute atomic E-state index is 13.6. The Hall–Kier alpha value is -3.68. The van der Waals surface area contributed by atoms with Gasteiger partial charge in [-0.05, 0) is 35.9 Å². The van der Waals surface area contributed by atoms with Gasteiger partial charge in [0.15, 0.2) is 0 Å². The van der Waals surface area contributed by atoms with Gasteiger partial charge in [0, 0.05) is 62.8 Å². The topological polar surface area (TPSA) is 65.1 Å². The summed E-state index contributed by atoms with van der Waals surface area (Å²) in [5.74, 6) is -0.210. The first-order valence-corrected chi connectivity index (χ1v) is 12.6. The number of piperazine rings is 1. The fourth-order valence-electron chi connectivity index (χ4n) is 4.78. The van der Waals surface area contributed by atoms with Gasteiger partial charge in [-0.3, -0.25) is 14.5 Å². The third-order valence-corrected chi connectivity index (χ3v) is 6.78. The van der Waals surface area contributed by atoms with E-state index in [0.717, 1.165) is 38.4 Å². The molecule has 2 aliphatic rings. The number of ether oxygens (including phenoxy) is 1. The second-order valence-corrected chi connectivity index (χ2v) is 9.21. The molecule has 7 heteroatoms. The van der Waals surface area contributed by atoms with Crippen LogP contribution >= 0.6 is 0 Å². The SMILES string of the molecule is O=C(Nc1ccc(N2CCN(Cc3ccccc3)CC2)c(C(=O)N2CCOCC2)c1)c1ccccc1. The number of carbonyl (C=O) groups excluding carboxylic acids is 2. The van der Waals surface area contributed by atoms with Crippen molar-refractivity contribution in [2.45, 2.75) is 6.54 Å². The van der Waals surface area contributed by atoms with Crippen LogP contribution in [0, 0.1) is 0 Å². The maximum atomic E-state index is 13.6. The van der Waals surface area contributed by atoms with E-state index in [2.05, 4.69) is 39.4 Å². The Labute approximate surface area is 212 Å². The highest BCUT2D eigenvalue weighted by Gasteiger charge is 2.26. The number of anilines is 2. The molecule has 2 amide bonds. The summed E-state index contributed by atoms with van der Waals surface area (Å²) < 4.78 is 5.45. The zero-order chi connectivity index (χ0) is 24.7. The van der Waals surface area contributed by atoms with Gasteiger partial charge < -0.3 is 19.9 Å². The average molecular weight is 485 g/mol. The molecule has 0 aliphatic carbocycles. The average Bonchev–Trinajstić information content (AvgIpc) is 2.94. The number of hydrogen-bond acceptors (Lipinski definition) is 5. The Morgan fingerprint density at radius 2 is 1.44 bits per heavy atom. The first-order chi connectivity index (χ1) is 17.7. The van der Waals surface area contributed by atoms with Gasteiger partial charge in [-0.2, -0.15) is 0 Å². The van der Waals surface area contributed by atoms with Crippen LogP contribution in [0.1, 0.15) is 26.3 Å². The van der Waals surface area contributed by atoms with Crippen molar-refractivity contribution in [3.8, 4) is 0 Å². The van der Waals surface area contributed by atoms with Crippen molar-refractivity contribution < 1.29 is 14.3 Å². The molecule has 2 aliphatic heterocycles. The second-order valence-electron chi connectivity index (χ2n) is 9.21. The van der Waals surface area contributed by atoms with Crippen molar-refractivity contribution in [1.82, 2.24) is 9.80 Å². The number of nitrogens with zero attached hydrogens (tertiary/aromatic N) is 3. The van der Waals surface area contributed by atoms with Gasteiger partial charge in [-0.1, -0.05) is 48.5 Å². The van der Waals surface area contributed by atoms with E-state index in [1.807, 2.05) is 47.4 Å². The fourth-order valence-corrected chi connectivity index (χ4v) is 4.78. The van der Waals surface area contributed by atoms with Crippen LogP contribution in [0.2, 0.25) is 0 Å². The molecule has 2 saturated heterocycles. The minimum Gasteiger partial charge on any atom is -0.378 e. The van der Waals surface area contributed by atoms with E-state index in [4.69, 9.17) is 4.74 Å². The van der Waals surface area contributed by atoms with E-state index >= 15 is 0 Å². The molecule has 2 heterocycles. The summed E-state index contributed by atoms with van der Waals surface area (Å²) in [5, 5.41) is 2.96. The predicted molar refractivity (Wildman–Crippen MR) is 141 cm³/mol. The Bertz CT molecular complexity index is 1170. The van der Waals surface area contributed by atoms with E-state index in [1.165, 1.54) is 5.56 Å². The molecule has 1 N–H and O–H groups in total. The van der Waals surface area contributed by atoms with E-state index in [-0.39, 0.29) is 11.8 Å². The molecular weight excluding hydrogens is 452 g/mol. The molecule has 36 heavy (non-hydrogen) atoms. The quantitative estimate of drug-likeness (QED) is 0.578. The summed E-state index contributed by atoms with van der Waals surface area (Å²) in [4.78, 5) is 32.9. The highest BCUT2D eigenvalue weighted by molar-refractivity contribution is 6.06. The summed E-state index contributed by atoms with van der Waals surface area (Å²) in [7, 11) is 0. The zero-order valence-corrected chi connectivity index (χ0v) is 20.4. The number of rotatable bonds is 6. The number of morpholine rings is 1. The lowest BCUT2D eigenvalue weighted by atomic mass is 10.1. The highest BCUT2D eigenvalue weighted by atomic mass is 16.5. The molecule has 0 radical (unpaired) electrons. The van der Waals surface area contributed by atoms with Crippen molar-refractivity contribution in [3.63, 3.8) is 0 Å². The molecule has 2 fully saturated rings. The molecule has 5 rings (SSSR count). The Morgan fingerprint density at radius 1 is 0.778 bits per heavy atom. The maximum Gasteiger partial charge on any atom is 0.256 e. The van der Waals surface area contributed by atoms with Crippen LogP contribution < -0.4 is 10.2 Å². The normalized spacial score (nSPS) is 16.6. The van der Waals surface area contributed by atoms with Gasteiger partial charge in [0.05, 0.1) is 18.8 Å². The van der Waals surface area contributed by atoms with Crippen LogP contribution in [-0.4, -0.2) is 74.1 Å². The monoisotopic (exact) mass is 484 g/mol. The third-order valence-electron chi connectivity index (χ3n) is 6.78. The smallest absolute Gasteiger partial charge is 0.256 e. The molecule has 0 spiro atoms. The van der Waals surface area contributed by atoms with Crippen LogP contribution in [0.5, 0.6) is 0 Å². The first-order valence-electron chi connectivity index (χ1n) is 12.6. The van der Waals surface area contributed by atoms with Crippen molar-refractivity contribution in [2.75, 3.05) is 62.7 Å². The third kappa shape index (κ3) is 5.75. The molecule has 186 valence electrons. The summed E-state index contributed by atoms with van der Waals surface area (Å²) in [6.07, 6.45) is 0. The number of hydrogen-bond donors (Lipinski definition) is 1. The number of carbonyl (C=O) groups is 2. The molecule has 0 atom stereocenters. The number of nitrogens with one attached hydrogen (secondary N) is 1. The largest absolute Gasteiger partial charge is 0.378 e. The molecule has 3 aromatic carbocycles. The van der Waals surface area contributed by atoms with Crippen molar-refractivity contribution in [3.05, 3.63) is 95.6 Å². The molecule has 0 bridgehead atoms. The number of amides is 2. The Morgan fingerprint density at radius 3 is 2.14 bits per heavy atom. The molecule has 0 unspecified atom stereocenters. The Kier molecular flexibility index (Phi) is 7.59. The van der Waals surface area contributed by atoms with Crippen LogP contribution in [0.25, 0.3) is 0 Å². The fraction of sp³-hybridized carbons (Fsp3) is 0.310. The van der Waals surface area contributed by atoms with Crippen molar-refractivity contribution in [2.24, 2.45) is 0 Å². The minimum absolute atomic E-state index is 0.0178. The van der Waals surface area contributed by atoms with Gasteiger partial charge in [0.25, 0.3) is 11.8 Å². The lowest BCUT2D eigenvalue weighted by Crippen LogP contribution is -2.47. The molecule has 3 aromatic rings. The summed E-state index contributed by atoms with van der Waals surface area (Å²) in [5.41, 5.74) is 4.06. The zero-order valence-electron chi connectivity index (χ0n) is 20.4. The van der Waals surface area contributed by atoms with Crippen LogP contribution in [-0.2, 0) is 11.3 Å². The van der Waals surface area contributed by atoms with E-state index < -0.39 is 0 Å². The van der Waals surface area contributed by atoms with Crippen LogP contribution in [0.15, 0.2) is 78.9 Å². The molecule has 0 saturated carbocycles. The van der Waals surface area contributed by atoms with Crippen molar-refractivity contribution >= 4 is 23.2 Å². The van der Waals surface area contributed by atoms with Crippen LogP contribution in [0.4, 0.5) is 11.4 Å². The van der Waals surface area contributed by atoms with Crippen molar-refractivity contribution in [1.29, 1.82) is 0 Å². The standard InChI is InChI=1S/C29H32N4O3/c34-28(24-9-5-2-6-10-24)30-25-11-12-27(26(21-25)29(35)33-17-19-36-20-18-33)32-15-13-31(14-16-32)22-23-7-3-1-4-8-23/h1-12,21H,13-20,22H2,(H,30,34). The summed E-state index contributed by atoms with van der Waals surface area (Å²) in [6.45, 7) is 6.69. The molecule has 0 aromatic heterocycles.